The number of aromatic nitrogens is 4. The average Bonchev–Trinajstić information content (AvgIpc) is 2.71. The van der Waals surface area contributed by atoms with Gasteiger partial charge < -0.3 is 9.72 Å². The minimum atomic E-state index is -0.474. The molecule has 0 saturated heterocycles. The van der Waals surface area contributed by atoms with Gasteiger partial charge in [0.2, 0.25) is 0 Å². The Balaban J connectivity index is 1.40. The largest absolute Gasteiger partial charge is 0.459 e. The molecule has 8 nitrogen and oxygen atoms in total. The second-order valence-corrected chi connectivity index (χ2v) is 7.27. The number of ether oxygens (including phenoxy) is 1. The SMILES string of the molecule is O=C(CCc1nc2ccccc2c(=O)[nH]1)OCc1cc(=O)n2cc(Br)ccc2n1. The van der Waals surface area contributed by atoms with E-state index in [1.54, 1.807) is 42.6 Å². The maximum Gasteiger partial charge on any atom is 0.306 e. The molecule has 1 N–H and O–H groups in total. The summed E-state index contributed by atoms with van der Waals surface area (Å²) in [7, 11) is 0. The third kappa shape index (κ3) is 4.24. The molecule has 0 aliphatic carbocycles. The first-order valence-corrected chi connectivity index (χ1v) is 9.60. The molecule has 0 bridgehead atoms. The number of hydrogen-bond donors (Lipinski definition) is 1. The molecule has 3 aromatic heterocycles. The Kier molecular flexibility index (Phi) is 5.22. The lowest BCUT2D eigenvalue weighted by Gasteiger charge is -2.07. The molecule has 0 aliphatic heterocycles. The van der Waals surface area contributed by atoms with Gasteiger partial charge in [0.1, 0.15) is 18.1 Å². The Bertz CT molecular complexity index is 1350. The highest BCUT2D eigenvalue weighted by Gasteiger charge is 2.10. The van der Waals surface area contributed by atoms with E-state index in [2.05, 4.69) is 30.9 Å². The number of esters is 1. The summed E-state index contributed by atoms with van der Waals surface area (Å²) in [6, 6.07) is 11.8. The smallest absolute Gasteiger partial charge is 0.306 e. The zero-order chi connectivity index (χ0) is 20.4. The van der Waals surface area contributed by atoms with Gasteiger partial charge in [-0.25, -0.2) is 9.97 Å². The molecule has 1 aromatic carbocycles. The molecule has 0 saturated carbocycles. The highest BCUT2D eigenvalue weighted by molar-refractivity contribution is 9.10. The number of hydrogen-bond acceptors (Lipinski definition) is 6. The lowest BCUT2D eigenvalue weighted by molar-refractivity contribution is -0.145. The van der Waals surface area contributed by atoms with Gasteiger partial charge in [0.15, 0.2) is 0 Å². The highest BCUT2D eigenvalue weighted by atomic mass is 79.9. The molecule has 0 amide bonds. The maximum absolute atomic E-state index is 12.2. The molecular formula is C20H15BrN4O4. The van der Waals surface area contributed by atoms with Crippen LogP contribution in [0.5, 0.6) is 0 Å². The number of rotatable bonds is 5. The Labute approximate surface area is 172 Å². The molecule has 0 unspecified atom stereocenters. The van der Waals surface area contributed by atoms with Crippen LogP contribution in [0.15, 0.2) is 62.7 Å². The molecule has 0 spiro atoms. The number of carbonyl (C=O) groups is 1. The van der Waals surface area contributed by atoms with Crippen LogP contribution in [-0.4, -0.2) is 25.3 Å². The minimum Gasteiger partial charge on any atom is -0.459 e. The first kappa shape index (κ1) is 19.0. The molecule has 29 heavy (non-hydrogen) atoms. The molecule has 4 aromatic rings. The predicted molar refractivity (Wildman–Crippen MR) is 110 cm³/mol. The first-order valence-electron chi connectivity index (χ1n) is 8.81. The number of pyridine rings is 1. The molecule has 146 valence electrons. The Morgan fingerprint density at radius 3 is 2.83 bits per heavy atom. The van der Waals surface area contributed by atoms with Crippen molar-refractivity contribution in [3.8, 4) is 0 Å². The van der Waals surface area contributed by atoms with Crippen molar-refractivity contribution in [3.05, 3.63) is 85.4 Å². The number of halogens is 1. The molecular weight excluding hydrogens is 440 g/mol. The van der Waals surface area contributed by atoms with Crippen molar-refractivity contribution in [2.45, 2.75) is 19.4 Å². The van der Waals surface area contributed by atoms with Crippen LogP contribution in [0.1, 0.15) is 17.9 Å². The zero-order valence-electron chi connectivity index (χ0n) is 15.1. The summed E-state index contributed by atoms with van der Waals surface area (Å²) in [6.45, 7) is -0.109. The normalized spacial score (nSPS) is 11.1. The van der Waals surface area contributed by atoms with E-state index in [1.807, 2.05) is 0 Å². The number of fused-ring (bicyclic) bond motifs is 2. The van der Waals surface area contributed by atoms with Gasteiger partial charge in [-0.05, 0) is 40.2 Å². The lowest BCUT2D eigenvalue weighted by Crippen LogP contribution is -2.17. The summed E-state index contributed by atoms with van der Waals surface area (Å²) >= 11 is 3.30. The second-order valence-electron chi connectivity index (χ2n) is 6.35. The first-order chi connectivity index (χ1) is 14.0. The van der Waals surface area contributed by atoms with Gasteiger partial charge in [0, 0.05) is 23.2 Å². The molecule has 0 atom stereocenters. The van der Waals surface area contributed by atoms with Crippen LogP contribution >= 0.6 is 15.9 Å². The number of benzene rings is 1. The van der Waals surface area contributed by atoms with Gasteiger partial charge >= 0.3 is 5.97 Å². The molecule has 9 heteroatoms. The van der Waals surface area contributed by atoms with Crippen molar-refractivity contribution in [1.82, 2.24) is 19.4 Å². The van der Waals surface area contributed by atoms with Crippen molar-refractivity contribution >= 4 is 38.4 Å². The Hall–Kier alpha value is -3.33. The van der Waals surface area contributed by atoms with Gasteiger partial charge in [0.05, 0.1) is 23.0 Å². The van der Waals surface area contributed by atoms with Gasteiger partial charge in [-0.1, -0.05) is 12.1 Å². The van der Waals surface area contributed by atoms with Crippen LogP contribution < -0.4 is 11.1 Å². The fourth-order valence-electron chi connectivity index (χ4n) is 2.90. The third-order valence-corrected chi connectivity index (χ3v) is 4.75. The summed E-state index contributed by atoms with van der Waals surface area (Å²) in [6.07, 6.45) is 1.90. The summed E-state index contributed by atoms with van der Waals surface area (Å²) < 4.78 is 7.37. The van der Waals surface area contributed by atoms with Crippen LogP contribution in [0.4, 0.5) is 0 Å². The third-order valence-electron chi connectivity index (χ3n) is 4.29. The molecule has 4 rings (SSSR count). The maximum atomic E-state index is 12.2. The molecule has 0 radical (unpaired) electrons. The number of aryl methyl sites for hydroxylation is 1. The van der Waals surface area contributed by atoms with Crippen LogP contribution in [0.2, 0.25) is 0 Å². The van der Waals surface area contributed by atoms with Gasteiger partial charge in [0.25, 0.3) is 11.1 Å². The topological polar surface area (TPSA) is 106 Å². The number of para-hydroxylation sites is 1. The number of nitrogens with one attached hydrogen (secondary N) is 1. The van der Waals surface area contributed by atoms with Crippen molar-refractivity contribution in [3.63, 3.8) is 0 Å². The minimum absolute atomic E-state index is 0.0425. The van der Waals surface area contributed by atoms with Crippen LogP contribution in [0, 0.1) is 0 Å². The molecule has 3 heterocycles. The molecule has 0 aliphatic rings. The fourth-order valence-corrected chi connectivity index (χ4v) is 3.24. The van der Waals surface area contributed by atoms with Gasteiger partial charge in [-0.3, -0.25) is 18.8 Å². The van der Waals surface area contributed by atoms with Crippen molar-refractivity contribution in [2.24, 2.45) is 0 Å². The predicted octanol–water partition coefficient (Wildman–Crippen LogP) is 2.37. The van der Waals surface area contributed by atoms with E-state index in [0.29, 0.717) is 28.1 Å². The summed E-state index contributed by atoms with van der Waals surface area (Å²) in [5.41, 5.74) is 0.895. The highest BCUT2D eigenvalue weighted by Crippen LogP contribution is 2.10. The van der Waals surface area contributed by atoms with Crippen molar-refractivity contribution in [1.29, 1.82) is 0 Å². The summed E-state index contributed by atoms with van der Waals surface area (Å²) in [5.74, 6) is -0.0584. The second kappa shape index (κ2) is 7.96. The van der Waals surface area contributed by atoms with E-state index in [4.69, 9.17) is 4.74 Å². The zero-order valence-corrected chi connectivity index (χ0v) is 16.7. The van der Waals surface area contributed by atoms with E-state index in [9.17, 15) is 14.4 Å². The fraction of sp³-hybridized carbons (Fsp3) is 0.150. The Morgan fingerprint density at radius 1 is 1.14 bits per heavy atom. The van der Waals surface area contributed by atoms with Crippen molar-refractivity contribution < 1.29 is 9.53 Å². The lowest BCUT2D eigenvalue weighted by atomic mass is 10.2. The van der Waals surface area contributed by atoms with E-state index in [-0.39, 0.29) is 30.6 Å². The summed E-state index contributed by atoms with van der Waals surface area (Å²) in [4.78, 5) is 47.6. The monoisotopic (exact) mass is 454 g/mol. The molecule has 0 fully saturated rings. The summed E-state index contributed by atoms with van der Waals surface area (Å²) in [5, 5.41) is 0.500. The van der Waals surface area contributed by atoms with Crippen LogP contribution in [0.3, 0.4) is 0 Å². The number of carbonyl (C=O) groups excluding carboxylic acids is 1. The van der Waals surface area contributed by atoms with E-state index in [1.165, 1.54) is 10.5 Å². The number of aromatic amines is 1. The van der Waals surface area contributed by atoms with Crippen LogP contribution in [0.25, 0.3) is 16.6 Å². The van der Waals surface area contributed by atoms with Gasteiger partial charge in [-0.2, -0.15) is 0 Å². The van der Waals surface area contributed by atoms with Gasteiger partial charge in [-0.15, -0.1) is 0 Å². The van der Waals surface area contributed by atoms with Crippen molar-refractivity contribution in [2.75, 3.05) is 0 Å². The van der Waals surface area contributed by atoms with E-state index in [0.717, 1.165) is 4.47 Å². The number of H-pyrrole nitrogens is 1. The number of nitrogens with zero attached hydrogens (tertiary/aromatic N) is 3. The van der Waals surface area contributed by atoms with Crippen LogP contribution in [-0.2, 0) is 22.6 Å². The average molecular weight is 455 g/mol. The quantitative estimate of drug-likeness (QED) is 0.464. The van der Waals surface area contributed by atoms with E-state index >= 15 is 0 Å². The van der Waals surface area contributed by atoms with E-state index < -0.39 is 5.97 Å². The standard InChI is InChI=1S/C20H15BrN4O4/c21-12-5-7-17-22-13(9-18(26)25(17)10-12)11-29-19(27)8-6-16-23-15-4-2-1-3-14(15)20(28)24-16/h1-5,7,9-10H,6,8,11H2,(H,23,24,28). The Morgan fingerprint density at radius 2 is 1.97 bits per heavy atom.